The highest BCUT2D eigenvalue weighted by Gasteiger charge is 2.53. The lowest BCUT2D eigenvalue weighted by atomic mass is 9.70. The highest BCUT2D eigenvalue weighted by atomic mass is 32.3. The SMILES string of the molecule is CC(C)c1nc2c(c3c1C(c1ccc(C(C)(C)O)cc1)OC31CCCC1)C(OS(C)(C)C(C)(C)C)CC(C)(C)C2. The third-order valence-corrected chi connectivity index (χ3v) is 13.5. The Morgan fingerprint density at radius 3 is 2.12 bits per heavy atom. The number of pyridine rings is 1. The second-order valence-corrected chi connectivity index (χ2v) is 19.5. The van der Waals surface area contributed by atoms with Gasteiger partial charge in [0, 0.05) is 27.3 Å². The number of hydrogen-bond acceptors (Lipinski definition) is 4. The normalized spacial score (nSPS) is 24.4. The highest BCUT2D eigenvalue weighted by molar-refractivity contribution is 8.29. The average Bonchev–Trinajstić information content (AvgIpc) is 3.41. The summed E-state index contributed by atoms with van der Waals surface area (Å²) >= 11 is 0. The van der Waals surface area contributed by atoms with E-state index in [1.807, 2.05) is 13.8 Å². The number of aliphatic hydroxyl groups is 1. The molecule has 5 heteroatoms. The first kappa shape index (κ1) is 30.1. The lowest BCUT2D eigenvalue weighted by Crippen LogP contribution is -2.35. The van der Waals surface area contributed by atoms with Gasteiger partial charge in [0.25, 0.3) is 0 Å². The third kappa shape index (κ3) is 5.18. The second kappa shape index (κ2) is 9.82. The van der Waals surface area contributed by atoms with Crippen molar-refractivity contribution in [2.75, 3.05) is 12.5 Å². The Morgan fingerprint density at radius 1 is 1.00 bits per heavy atom. The van der Waals surface area contributed by atoms with Gasteiger partial charge < -0.3 is 14.0 Å². The molecule has 2 aromatic rings. The van der Waals surface area contributed by atoms with Gasteiger partial charge in [0.05, 0.1) is 17.3 Å². The van der Waals surface area contributed by atoms with Gasteiger partial charge >= 0.3 is 0 Å². The van der Waals surface area contributed by atoms with Crippen molar-refractivity contribution >= 4 is 10.3 Å². The van der Waals surface area contributed by atoms with E-state index in [2.05, 4.69) is 85.2 Å². The van der Waals surface area contributed by atoms with Crippen molar-refractivity contribution in [3.8, 4) is 0 Å². The summed E-state index contributed by atoms with van der Waals surface area (Å²) in [5, 5.41) is 10.6. The maximum atomic E-state index is 10.6. The smallest absolute Gasteiger partial charge is 0.111 e. The summed E-state index contributed by atoms with van der Waals surface area (Å²) in [4.78, 5) is 5.52. The zero-order valence-electron chi connectivity index (χ0n) is 26.9. The summed E-state index contributed by atoms with van der Waals surface area (Å²) in [6.07, 6.45) is 11.0. The first-order valence-corrected chi connectivity index (χ1v) is 17.7. The van der Waals surface area contributed by atoms with Crippen LogP contribution in [0.3, 0.4) is 0 Å². The van der Waals surface area contributed by atoms with Crippen molar-refractivity contribution < 1.29 is 14.0 Å². The number of hydrogen-bond donors (Lipinski definition) is 1. The largest absolute Gasteiger partial charge is 0.386 e. The zero-order chi connectivity index (χ0) is 29.5. The van der Waals surface area contributed by atoms with Gasteiger partial charge in [-0.3, -0.25) is 4.98 Å². The van der Waals surface area contributed by atoms with E-state index < -0.39 is 15.9 Å². The Morgan fingerprint density at radius 2 is 1.60 bits per heavy atom. The third-order valence-electron chi connectivity index (χ3n) is 9.86. The Bertz CT molecular complexity index is 1260. The van der Waals surface area contributed by atoms with E-state index in [1.165, 1.54) is 40.9 Å². The molecular formula is C35H53NO3S. The Kier molecular flexibility index (Phi) is 7.39. The maximum Gasteiger partial charge on any atom is 0.111 e. The van der Waals surface area contributed by atoms with Gasteiger partial charge in [-0.05, 0) is 80.1 Å². The van der Waals surface area contributed by atoms with Gasteiger partial charge in [-0.15, -0.1) is 10.3 Å². The van der Waals surface area contributed by atoms with E-state index in [0.717, 1.165) is 36.8 Å². The van der Waals surface area contributed by atoms with Gasteiger partial charge in [-0.25, -0.2) is 0 Å². The molecule has 4 nitrogen and oxygen atoms in total. The minimum absolute atomic E-state index is 0.0165. The summed E-state index contributed by atoms with van der Waals surface area (Å²) in [6, 6.07) is 8.43. The maximum absolute atomic E-state index is 10.6. The lowest BCUT2D eigenvalue weighted by molar-refractivity contribution is -0.0578. The Labute approximate surface area is 245 Å². The number of fused-ring (bicyclic) bond motifs is 4. The van der Waals surface area contributed by atoms with Gasteiger partial charge in [0.2, 0.25) is 0 Å². The van der Waals surface area contributed by atoms with Crippen LogP contribution in [0, 0.1) is 5.41 Å². The molecule has 0 bridgehead atoms. The first-order chi connectivity index (χ1) is 18.4. The summed E-state index contributed by atoms with van der Waals surface area (Å²) < 4.78 is 14.7. The quantitative estimate of drug-likeness (QED) is 0.391. The second-order valence-electron chi connectivity index (χ2n) is 15.7. The first-order valence-electron chi connectivity index (χ1n) is 15.3. The van der Waals surface area contributed by atoms with Crippen molar-refractivity contribution in [1.82, 2.24) is 4.98 Å². The molecule has 0 radical (unpaired) electrons. The number of aromatic nitrogens is 1. The summed E-state index contributed by atoms with van der Waals surface area (Å²) in [5.74, 6) is 0.290. The molecule has 2 aliphatic carbocycles. The number of nitrogens with zero attached hydrogens (tertiary/aromatic N) is 1. The van der Waals surface area contributed by atoms with Crippen LogP contribution in [0.15, 0.2) is 24.3 Å². The molecule has 1 aromatic heterocycles. The molecule has 0 saturated heterocycles. The van der Waals surface area contributed by atoms with Gasteiger partial charge in [-0.2, -0.15) is 0 Å². The minimum Gasteiger partial charge on any atom is -0.386 e. The topological polar surface area (TPSA) is 51.6 Å². The van der Waals surface area contributed by atoms with Crippen LogP contribution >= 0.6 is 10.3 Å². The molecule has 0 amide bonds. The number of ether oxygens (including phenoxy) is 1. The predicted octanol–water partition coefficient (Wildman–Crippen LogP) is 9.13. The molecule has 1 aliphatic heterocycles. The van der Waals surface area contributed by atoms with E-state index in [1.54, 1.807) is 0 Å². The molecule has 3 aliphatic rings. The number of benzene rings is 1. The molecule has 40 heavy (non-hydrogen) atoms. The van der Waals surface area contributed by atoms with Crippen LogP contribution < -0.4 is 0 Å². The molecule has 2 atom stereocenters. The van der Waals surface area contributed by atoms with E-state index in [9.17, 15) is 5.11 Å². The molecule has 5 rings (SSSR count). The monoisotopic (exact) mass is 567 g/mol. The fraction of sp³-hybridized carbons (Fsp3) is 0.686. The Balaban J connectivity index is 1.75. The molecule has 1 aromatic carbocycles. The van der Waals surface area contributed by atoms with Crippen molar-refractivity contribution in [2.24, 2.45) is 5.41 Å². The predicted molar refractivity (Wildman–Crippen MR) is 168 cm³/mol. The minimum atomic E-state index is -1.35. The summed E-state index contributed by atoms with van der Waals surface area (Å²) in [5.41, 5.74) is 7.52. The molecular weight excluding hydrogens is 514 g/mol. The van der Waals surface area contributed by atoms with Crippen molar-refractivity contribution in [3.05, 3.63) is 63.5 Å². The molecule has 1 saturated carbocycles. The standard InChI is InChI=1S/C35H53NO3S/c1-22(2)30-28-29(27-25(36-30)20-33(6,7)21-26(27)39-40(10,11)32(3,4)5)35(18-12-13-19-35)38-31(28)23-14-16-24(17-15-23)34(8,9)37/h14-17,22,26,31,37H,12-13,18-21H2,1-11H3. The molecule has 1 spiro atoms. The van der Waals surface area contributed by atoms with Gasteiger partial charge in [-0.1, -0.05) is 85.6 Å². The van der Waals surface area contributed by atoms with Crippen molar-refractivity contribution in [2.45, 2.75) is 135 Å². The van der Waals surface area contributed by atoms with Gasteiger partial charge in [0.1, 0.15) is 6.10 Å². The van der Waals surface area contributed by atoms with E-state index in [0.29, 0.717) is 5.92 Å². The van der Waals surface area contributed by atoms with Crippen molar-refractivity contribution in [1.29, 1.82) is 0 Å². The number of rotatable bonds is 5. The fourth-order valence-electron chi connectivity index (χ4n) is 6.97. The van der Waals surface area contributed by atoms with Crippen LogP contribution in [0.4, 0.5) is 0 Å². The lowest BCUT2D eigenvalue weighted by Gasteiger charge is -2.49. The average molecular weight is 568 g/mol. The van der Waals surface area contributed by atoms with Crippen molar-refractivity contribution in [3.63, 3.8) is 0 Å². The molecule has 1 N–H and O–H groups in total. The molecule has 222 valence electrons. The van der Waals surface area contributed by atoms with E-state index in [-0.39, 0.29) is 28.0 Å². The highest BCUT2D eigenvalue weighted by Crippen LogP contribution is 2.63. The van der Waals surface area contributed by atoms with Crippen LogP contribution in [-0.4, -0.2) is 27.3 Å². The fourth-order valence-corrected chi connectivity index (χ4v) is 8.00. The van der Waals surface area contributed by atoms with Gasteiger partial charge in [0.15, 0.2) is 0 Å². The Hall–Kier alpha value is -1.40. The zero-order valence-corrected chi connectivity index (χ0v) is 27.7. The van der Waals surface area contributed by atoms with Crippen LogP contribution in [0.25, 0.3) is 0 Å². The van der Waals surface area contributed by atoms with E-state index >= 15 is 0 Å². The van der Waals surface area contributed by atoms with Crippen LogP contribution in [-0.2, 0) is 26.5 Å². The van der Waals surface area contributed by atoms with Crippen LogP contribution in [0.1, 0.15) is 152 Å². The molecule has 2 unspecified atom stereocenters. The van der Waals surface area contributed by atoms with E-state index in [4.69, 9.17) is 13.9 Å². The van der Waals surface area contributed by atoms with Crippen LogP contribution in [0.5, 0.6) is 0 Å². The summed E-state index contributed by atoms with van der Waals surface area (Å²) in [6.45, 7) is 19.9. The van der Waals surface area contributed by atoms with Crippen LogP contribution in [0.2, 0.25) is 0 Å². The summed E-state index contributed by atoms with van der Waals surface area (Å²) in [7, 11) is -1.35. The molecule has 2 heterocycles. The molecule has 1 fully saturated rings.